The van der Waals surface area contributed by atoms with E-state index < -0.39 is 22.0 Å². The van der Waals surface area contributed by atoms with Crippen molar-refractivity contribution in [2.24, 2.45) is 0 Å². The maximum Gasteiger partial charge on any atom is 0.243 e. The first-order valence-corrected chi connectivity index (χ1v) is 12.5. The van der Waals surface area contributed by atoms with E-state index in [4.69, 9.17) is 0 Å². The fourth-order valence-corrected chi connectivity index (χ4v) is 5.13. The Morgan fingerprint density at radius 1 is 1.09 bits per heavy atom. The molecule has 2 aromatic carbocycles. The van der Waals surface area contributed by atoms with Gasteiger partial charge in [0.15, 0.2) is 0 Å². The number of nitrogens with zero attached hydrogens (tertiary/aromatic N) is 3. The van der Waals surface area contributed by atoms with E-state index in [0.717, 1.165) is 47.3 Å². The Hall–Kier alpha value is -2.49. The van der Waals surface area contributed by atoms with Crippen LogP contribution in [0.1, 0.15) is 29.7 Å². The zero-order valence-electron chi connectivity index (χ0n) is 19.9. The Bertz CT molecular complexity index is 1110. The number of carbonyl (C=O) groups excluding carboxylic acids is 1. The van der Waals surface area contributed by atoms with Crippen LogP contribution < -0.4 is 10.2 Å². The first-order valence-electron chi connectivity index (χ1n) is 11.0. The fraction of sp³-hybridized carbons (Fsp3) is 0.458. The van der Waals surface area contributed by atoms with Gasteiger partial charge in [0.2, 0.25) is 15.9 Å². The van der Waals surface area contributed by atoms with Gasteiger partial charge >= 0.3 is 0 Å². The number of rotatable bonds is 7. The summed E-state index contributed by atoms with van der Waals surface area (Å²) in [4.78, 5) is 17.3. The van der Waals surface area contributed by atoms with Gasteiger partial charge in [-0.05, 0) is 69.3 Å². The highest BCUT2D eigenvalue weighted by molar-refractivity contribution is 7.89. The third-order valence-electron chi connectivity index (χ3n) is 6.23. The first kappa shape index (κ1) is 25.1. The third-order valence-corrected chi connectivity index (χ3v) is 8.03. The van der Waals surface area contributed by atoms with Gasteiger partial charge in [-0.2, -0.15) is 4.31 Å². The quantitative estimate of drug-likeness (QED) is 0.665. The first-order chi connectivity index (χ1) is 15.5. The van der Waals surface area contributed by atoms with Crippen molar-refractivity contribution in [3.05, 3.63) is 58.9 Å². The van der Waals surface area contributed by atoms with Crippen LogP contribution in [-0.2, 0) is 14.8 Å². The molecular formula is C24H33FN4O3S. The van der Waals surface area contributed by atoms with Gasteiger partial charge in [-0.1, -0.05) is 6.07 Å². The van der Waals surface area contributed by atoms with E-state index in [2.05, 4.69) is 22.2 Å². The van der Waals surface area contributed by atoms with E-state index in [9.17, 15) is 17.6 Å². The molecule has 1 N–H and O–H groups in total. The topological polar surface area (TPSA) is 73.0 Å². The highest BCUT2D eigenvalue weighted by Crippen LogP contribution is 2.28. The molecule has 1 unspecified atom stereocenters. The standard InChI is InChI=1S/C24H33FN4O3S/c1-17-6-8-21(14-18(17)2)33(31,32)28(5)16-24(30)26-19(3)22-15-20(25)7-9-23(22)29-12-10-27(4)11-13-29/h6-9,14-15,19H,10-13,16H2,1-5H3,(H,26,30). The summed E-state index contributed by atoms with van der Waals surface area (Å²) >= 11 is 0. The highest BCUT2D eigenvalue weighted by atomic mass is 32.2. The molecule has 7 nitrogen and oxygen atoms in total. The van der Waals surface area contributed by atoms with Crippen molar-refractivity contribution in [2.75, 3.05) is 51.7 Å². The van der Waals surface area contributed by atoms with Gasteiger partial charge in [0.1, 0.15) is 5.82 Å². The number of anilines is 1. The van der Waals surface area contributed by atoms with Crippen molar-refractivity contribution in [2.45, 2.75) is 31.7 Å². The summed E-state index contributed by atoms with van der Waals surface area (Å²) in [5.74, 6) is -0.829. The van der Waals surface area contributed by atoms with Crippen LogP contribution >= 0.6 is 0 Å². The van der Waals surface area contributed by atoms with Crippen LogP contribution in [-0.4, -0.2) is 70.3 Å². The number of likely N-dealkylation sites (N-methyl/N-ethyl adjacent to an activating group) is 2. The van der Waals surface area contributed by atoms with Crippen LogP contribution in [0.4, 0.5) is 10.1 Å². The Balaban J connectivity index is 1.71. The maximum atomic E-state index is 14.1. The van der Waals surface area contributed by atoms with Crippen LogP contribution in [0.25, 0.3) is 0 Å². The molecule has 0 saturated carbocycles. The minimum atomic E-state index is -3.81. The minimum Gasteiger partial charge on any atom is -0.369 e. The molecule has 0 aromatic heterocycles. The monoisotopic (exact) mass is 476 g/mol. The molecule has 0 spiro atoms. The van der Waals surface area contributed by atoms with Gasteiger partial charge in [0.05, 0.1) is 17.5 Å². The maximum absolute atomic E-state index is 14.1. The Morgan fingerprint density at radius 3 is 2.39 bits per heavy atom. The largest absolute Gasteiger partial charge is 0.369 e. The SMILES string of the molecule is Cc1ccc(S(=O)(=O)N(C)CC(=O)NC(C)c2cc(F)ccc2N2CCN(C)CC2)cc1C. The number of benzene rings is 2. The number of hydrogen-bond donors (Lipinski definition) is 1. The Kier molecular flexibility index (Phi) is 7.76. The Labute approximate surface area is 196 Å². The van der Waals surface area contributed by atoms with E-state index >= 15 is 0 Å². The molecule has 1 aliphatic rings. The number of carbonyl (C=O) groups is 1. The molecule has 0 aliphatic carbocycles. The molecule has 9 heteroatoms. The molecule has 1 heterocycles. The van der Waals surface area contributed by atoms with Crippen molar-refractivity contribution in [1.82, 2.24) is 14.5 Å². The summed E-state index contributed by atoms with van der Waals surface area (Å²) in [5.41, 5.74) is 3.42. The van der Waals surface area contributed by atoms with Crippen molar-refractivity contribution in [3.8, 4) is 0 Å². The third kappa shape index (κ3) is 5.90. The molecule has 0 bridgehead atoms. The number of hydrogen-bond acceptors (Lipinski definition) is 5. The van der Waals surface area contributed by atoms with Crippen LogP contribution in [0.2, 0.25) is 0 Å². The summed E-state index contributed by atoms with van der Waals surface area (Å²) < 4.78 is 40.9. The zero-order chi connectivity index (χ0) is 24.3. The summed E-state index contributed by atoms with van der Waals surface area (Å²) in [6.07, 6.45) is 0. The van der Waals surface area contributed by atoms with Crippen LogP contribution in [0.5, 0.6) is 0 Å². The fourth-order valence-electron chi connectivity index (χ4n) is 3.91. The van der Waals surface area contributed by atoms with E-state index in [1.165, 1.54) is 19.2 Å². The van der Waals surface area contributed by atoms with Crippen molar-refractivity contribution in [1.29, 1.82) is 0 Å². The van der Waals surface area contributed by atoms with E-state index in [1.807, 2.05) is 13.8 Å². The van der Waals surface area contributed by atoms with Gasteiger partial charge < -0.3 is 15.1 Å². The Morgan fingerprint density at radius 2 is 1.76 bits per heavy atom. The molecule has 1 fully saturated rings. The summed E-state index contributed by atoms with van der Waals surface area (Å²) in [6, 6.07) is 9.03. The average molecular weight is 477 g/mol. The lowest BCUT2D eigenvalue weighted by Gasteiger charge is -2.36. The summed E-state index contributed by atoms with van der Waals surface area (Å²) in [5, 5.41) is 2.84. The summed E-state index contributed by atoms with van der Waals surface area (Å²) in [7, 11) is -0.366. The second kappa shape index (κ2) is 10.2. The molecule has 1 saturated heterocycles. The van der Waals surface area contributed by atoms with Gasteiger partial charge in [-0.15, -0.1) is 0 Å². The number of nitrogens with one attached hydrogen (secondary N) is 1. The van der Waals surface area contributed by atoms with E-state index in [1.54, 1.807) is 31.2 Å². The van der Waals surface area contributed by atoms with Gasteiger partial charge in [0.25, 0.3) is 0 Å². The van der Waals surface area contributed by atoms with Gasteiger partial charge in [-0.25, -0.2) is 12.8 Å². The van der Waals surface area contributed by atoms with Crippen molar-refractivity contribution in [3.63, 3.8) is 0 Å². The molecule has 1 atom stereocenters. The molecule has 33 heavy (non-hydrogen) atoms. The molecular weight excluding hydrogens is 443 g/mol. The molecule has 1 amide bonds. The number of piperazine rings is 1. The predicted octanol–water partition coefficient (Wildman–Crippen LogP) is 2.69. The predicted molar refractivity (Wildman–Crippen MR) is 128 cm³/mol. The molecule has 3 rings (SSSR count). The normalized spacial score (nSPS) is 16.2. The van der Waals surface area contributed by atoms with Crippen molar-refractivity contribution >= 4 is 21.6 Å². The lowest BCUT2D eigenvalue weighted by atomic mass is 10.0. The molecule has 180 valence electrons. The number of halogens is 1. The second-order valence-electron chi connectivity index (χ2n) is 8.79. The average Bonchev–Trinajstić information content (AvgIpc) is 2.76. The number of aryl methyl sites for hydroxylation is 2. The highest BCUT2D eigenvalue weighted by Gasteiger charge is 2.25. The lowest BCUT2D eigenvalue weighted by Crippen LogP contribution is -2.45. The zero-order valence-corrected chi connectivity index (χ0v) is 20.7. The minimum absolute atomic E-state index is 0.149. The molecule has 0 radical (unpaired) electrons. The van der Waals surface area contributed by atoms with Gasteiger partial charge in [0, 0.05) is 44.5 Å². The number of sulfonamides is 1. The molecule has 2 aromatic rings. The second-order valence-corrected chi connectivity index (χ2v) is 10.8. The van der Waals surface area contributed by atoms with E-state index in [-0.39, 0.29) is 17.3 Å². The van der Waals surface area contributed by atoms with Gasteiger partial charge in [-0.3, -0.25) is 4.79 Å². The smallest absolute Gasteiger partial charge is 0.243 e. The van der Waals surface area contributed by atoms with E-state index in [0.29, 0.717) is 5.56 Å². The van der Waals surface area contributed by atoms with Crippen LogP contribution in [0.15, 0.2) is 41.3 Å². The molecule has 1 aliphatic heterocycles. The van der Waals surface area contributed by atoms with Crippen LogP contribution in [0.3, 0.4) is 0 Å². The summed E-state index contributed by atoms with van der Waals surface area (Å²) in [6.45, 7) is 8.63. The number of amides is 1. The lowest BCUT2D eigenvalue weighted by molar-refractivity contribution is -0.121. The van der Waals surface area contributed by atoms with Crippen molar-refractivity contribution < 1.29 is 17.6 Å². The van der Waals surface area contributed by atoms with Crippen LogP contribution in [0, 0.1) is 19.7 Å².